The topological polar surface area (TPSA) is 107 Å². The number of carbonyl (C=O) groups is 3. The van der Waals surface area contributed by atoms with E-state index in [-0.39, 0.29) is 29.1 Å². The largest absolute Gasteiger partial charge is 0.457 e. The molecule has 4 aromatic carbocycles. The normalized spacial score (nSPS) is 25.0. The fourth-order valence-electron chi connectivity index (χ4n) is 6.73. The standard InChI is InChI=1S/C32H20Cl2N2O6/c33-31-21-11-2-3-12-22(21)32(34,24-14-5-4-13-23(24)31)27-26(31)28(37)35(29(27)38)20-10-7-9-18(16-20)30(39)42-17-19-8-1-6-15-25(19)36(40)41/h1-16,26-27H,17H2/t26-,27+,31?,32?. The van der Waals surface area contributed by atoms with Crippen LogP contribution in [0, 0.1) is 22.0 Å². The van der Waals surface area contributed by atoms with Crippen LogP contribution in [0.5, 0.6) is 0 Å². The molecule has 10 heteroatoms. The average Bonchev–Trinajstić information content (AvgIpc) is 3.29. The summed E-state index contributed by atoms with van der Waals surface area (Å²) in [6, 6.07) is 26.6. The number of hydrogen-bond donors (Lipinski definition) is 0. The van der Waals surface area contributed by atoms with Gasteiger partial charge in [-0.3, -0.25) is 19.7 Å². The molecule has 4 aliphatic rings. The van der Waals surface area contributed by atoms with E-state index < -0.39 is 44.3 Å². The summed E-state index contributed by atoms with van der Waals surface area (Å²) in [5.74, 6) is -3.76. The second-order valence-corrected chi connectivity index (χ2v) is 11.7. The van der Waals surface area contributed by atoms with Crippen molar-refractivity contribution >= 4 is 52.4 Å². The van der Waals surface area contributed by atoms with Gasteiger partial charge in [-0.15, -0.1) is 23.2 Å². The summed E-state index contributed by atoms with van der Waals surface area (Å²) >= 11 is 14.9. The maximum atomic E-state index is 14.2. The van der Waals surface area contributed by atoms with E-state index in [1.165, 1.54) is 36.4 Å². The Labute approximate surface area is 249 Å². The van der Waals surface area contributed by atoms with E-state index in [4.69, 9.17) is 27.9 Å². The molecule has 0 aromatic heterocycles. The SMILES string of the molecule is O=C(OCc1ccccc1[N+](=O)[O-])c1cccc(N2C(=O)[C@@H]3[C@H](C2=O)C2(Cl)c4ccccc4C3(Cl)c3ccccc32)c1. The van der Waals surface area contributed by atoms with Crippen LogP contribution >= 0.6 is 23.2 Å². The van der Waals surface area contributed by atoms with Crippen LogP contribution in [0.4, 0.5) is 11.4 Å². The molecule has 0 N–H and O–H groups in total. The van der Waals surface area contributed by atoms with Crippen LogP contribution < -0.4 is 4.90 Å². The summed E-state index contributed by atoms with van der Waals surface area (Å²) in [5.41, 5.74) is 3.07. The molecule has 1 fully saturated rings. The van der Waals surface area contributed by atoms with E-state index >= 15 is 0 Å². The first-order chi connectivity index (χ1) is 20.2. The van der Waals surface area contributed by atoms with Gasteiger partial charge < -0.3 is 4.74 Å². The summed E-state index contributed by atoms with van der Waals surface area (Å²) in [6.45, 7) is -0.327. The van der Waals surface area contributed by atoms with E-state index in [0.717, 1.165) is 4.90 Å². The molecule has 1 heterocycles. The lowest BCUT2D eigenvalue weighted by molar-refractivity contribution is -0.385. The number of benzene rings is 4. The quantitative estimate of drug-likeness (QED) is 0.0910. The predicted molar refractivity (Wildman–Crippen MR) is 154 cm³/mol. The molecule has 4 aromatic rings. The Balaban J connectivity index is 1.25. The number of esters is 1. The summed E-state index contributed by atoms with van der Waals surface area (Å²) in [5, 5.41) is 11.3. The summed E-state index contributed by atoms with van der Waals surface area (Å²) in [7, 11) is 0. The lowest BCUT2D eigenvalue weighted by Gasteiger charge is -2.54. The number of para-hydroxylation sites is 1. The average molecular weight is 599 g/mol. The lowest BCUT2D eigenvalue weighted by Crippen LogP contribution is -2.57. The van der Waals surface area contributed by atoms with E-state index in [1.54, 1.807) is 12.1 Å². The molecular formula is C32H20Cl2N2O6. The molecule has 2 bridgehead atoms. The third-order valence-electron chi connectivity index (χ3n) is 8.47. The van der Waals surface area contributed by atoms with E-state index in [1.807, 2.05) is 48.5 Å². The van der Waals surface area contributed by atoms with Gasteiger partial charge in [0.1, 0.15) is 16.4 Å². The van der Waals surface area contributed by atoms with Gasteiger partial charge in [-0.2, -0.15) is 0 Å². The molecular weight excluding hydrogens is 579 g/mol. The monoisotopic (exact) mass is 598 g/mol. The Bertz CT molecular complexity index is 1730. The molecule has 42 heavy (non-hydrogen) atoms. The molecule has 8 nitrogen and oxygen atoms in total. The zero-order valence-electron chi connectivity index (χ0n) is 21.7. The van der Waals surface area contributed by atoms with Gasteiger partial charge in [0.15, 0.2) is 0 Å². The van der Waals surface area contributed by atoms with Gasteiger partial charge in [-0.1, -0.05) is 66.7 Å². The van der Waals surface area contributed by atoms with Crippen molar-refractivity contribution in [3.05, 3.63) is 141 Å². The highest BCUT2D eigenvalue weighted by Gasteiger charge is 2.73. The van der Waals surface area contributed by atoms with Crippen LogP contribution in [0.15, 0.2) is 97.1 Å². The smallest absolute Gasteiger partial charge is 0.338 e. The van der Waals surface area contributed by atoms with Crippen molar-refractivity contribution in [3.63, 3.8) is 0 Å². The number of alkyl halides is 2. The third kappa shape index (κ3) is 3.39. The number of imide groups is 1. The molecule has 2 amide bonds. The molecule has 2 atom stereocenters. The van der Waals surface area contributed by atoms with Gasteiger partial charge >= 0.3 is 5.97 Å². The number of rotatable bonds is 5. The van der Waals surface area contributed by atoms with E-state index in [2.05, 4.69) is 0 Å². The summed E-state index contributed by atoms with van der Waals surface area (Å²) in [4.78, 5) is 50.5. The second-order valence-electron chi connectivity index (χ2n) is 10.5. The van der Waals surface area contributed by atoms with Crippen LogP contribution in [0.2, 0.25) is 0 Å². The number of ether oxygens (including phenoxy) is 1. The third-order valence-corrected chi connectivity index (χ3v) is 9.76. The number of anilines is 1. The van der Waals surface area contributed by atoms with Crippen LogP contribution in [0.25, 0.3) is 0 Å². The summed E-state index contributed by atoms with van der Waals surface area (Å²) < 4.78 is 5.36. The highest BCUT2D eigenvalue weighted by molar-refractivity contribution is 6.38. The van der Waals surface area contributed by atoms with Gasteiger partial charge in [0, 0.05) is 6.07 Å². The molecule has 0 saturated carbocycles. The van der Waals surface area contributed by atoms with Crippen molar-refractivity contribution in [3.8, 4) is 0 Å². The van der Waals surface area contributed by atoms with Crippen molar-refractivity contribution in [2.75, 3.05) is 4.90 Å². The highest BCUT2D eigenvalue weighted by atomic mass is 35.5. The minimum atomic E-state index is -1.32. The Morgan fingerprint density at radius 2 is 1.29 bits per heavy atom. The highest BCUT2D eigenvalue weighted by Crippen LogP contribution is 2.69. The first kappa shape index (κ1) is 26.4. The van der Waals surface area contributed by atoms with Crippen LogP contribution in [-0.2, 0) is 30.7 Å². The molecule has 208 valence electrons. The van der Waals surface area contributed by atoms with E-state index in [9.17, 15) is 24.5 Å². The fraction of sp³-hybridized carbons (Fsp3) is 0.156. The van der Waals surface area contributed by atoms with Gasteiger partial charge in [-0.05, 0) is 46.5 Å². The Hall–Kier alpha value is -4.53. The Morgan fingerprint density at radius 1 is 0.786 bits per heavy atom. The number of carbonyl (C=O) groups excluding carboxylic acids is 3. The molecule has 8 rings (SSSR count). The predicted octanol–water partition coefficient (Wildman–Crippen LogP) is 6.05. The molecule has 0 unspecified atom stereocenters. The van der Waals surface area contributed by atoms with Crippen molar-refractivity contribution in [1.29, 1.82) is 0 Å². The Morgan fingerprint density at radius 3 is 1.81 bits per heavy atom. The fourth-order valence-corrected chi connectivity index (χ4v) is 7.83. The first-order valence-electron chi connectivity index (χ1n) is 13.1. The maximum absolute atomic E-state index is 14.2. The molecule has 0 spiro atoms. The van der Waals surface area contributed by atoms with Crippen molar-refractivity contribution in [2.24, 2.45) is 11.8 Å². The van der Waals surface area contributed by atoms with Gasteiger partial charge in [0.25, 0.3) is 5.69 Å². The van der Waals surface area contributed by atoms with Crippen molar-refractivity contribution < 1.29 is 24.0 Å². The molecule has 1 saturated heterocycles. The zero-order valence-corrected chi connectivity index (χ0v) is 23.2. The van der Waals surface area contributed by atoms with Gasteiger partial charge in [0.2, 0.25) is 11.8 Å². The maximum Gasteiger partial charge on any atom is 0.338 e. The zero-order chi connectivity index (χ0) is 29.4. The van der Waals surface area contributed by atoms with Crippen LogP contribution in [0.3, 0.4) is 0 Å². The van der Waals surface area contributed by atoms with Gasteiger partial charge in [-0.25, -0.2) is 9.69 Å². The molecule has 3 aliphatic carbocycles. The Kier molecular flexibility index (Phi) is 5.80. The second kappa shape index (κ2) is 9.24. The summed E-state index contributed by atoms with van der Waals surface area (Å²) in [6.07, 6.45) is 0. The van der Waals surface area contributed by atoms with Gasteiger partial charge in [0.05, 0.1) is 33.6 Å². The number of amides is 2. The van der Waals surface area contributed by atoms with E-state index in [0.29, 0.717) is 22.3 Å². The first-order valence-corrected chi connectivity index (χ1v) is 13.9. The van der Waals surface area contributed by atoms with Crippen molar-refractivity contribution in [2.45, 2.75) is 16.4 Å². The number of nitrogens with zero attached hydrogens (tertiary/aromatic N) is 2. The number of nitro groups is 1. The molecule has 0 radical (unpaired) electrons. The van der Waals surface area contributed by atoms with Crippen LogP contribution in [-0.4, -0.2) is 22.7 Å². The van der Waals surface area contributed by atoms with Crippen molar-refractivity contribution in [1.82, 2.24) is 0 Å². The lowest BCUT2D eigenvalue weighted by atomic mass is 9.54. The van der Waals surface area contributed by atoms with Crippen LogP contribution in [0.1, 0.15) is 38.2 Å². The number of hydrogen-bond acceptors (Lipinski definition) is 6. The number of halogens is 2. The minimum absolute atomic E-state index is 0.0669. The minimum Gasteiger partial charge on any atom is -0.457 e. The number of nitro benzene ring substituents is 1. The molecule has 1 aliphatic heterocycles.